The van der Waals surface area contributed by atoms with Crippen LogP contribution in [-0.2, 0) is 25.4 Å². The molecule has 1 aliphatic rings. The summed E-state index contributed by atoms with van der Waals surface area (Å²) in [5, 5.41) is 9.18. The molecule has 3 aromatic rings. The second-order valence-corrected chi connectivity index (χ2v) is 11.1. The van der Waals surface area contributed by atoms with Crippen LogP contribution < -0.4 is 24.8 Å². The van der Waals surface area contributed by atoms with Gasteiger partial charge >= 0.3 is 95.6 Å². The van der Waals surface area contributed by atoms with Crippen LogP contribution in [0.4, 0.5) is 0 Å². The van der Waals surface area contributed by atoms with E-state index in [0.717, 1.165) is 12.0 Å². The van der Waals surface area contributed by atoms with Crippen LogP contribution >= 0.6 is 0 Å². The van der Waals surface area contributed by atoms with Gasteiger partial charge in [-0.1, -0.05) is 53.7 Å². The fraction of sp³-hybridized carbons (Fsp3) is 0.281. The Kier molecular flexibility index (Phi) is 15.2. The molecule has 3 aromatic carbocycles. The number of halogens is 2. The molecule has 0 spiro atoms. The first-order chi connectivity index (χ1) is 16.0. The van der Waals surface area contributed by atoms with Gasteiger partial charge in [0.15, 0.2) is 0 Å². The Hall–Kier alpha value is -1.90. The molecule has 0 saturated carbocycles. The second kappa shape index (κ2) is 16.1. The van der Waals surface area contributed by atoms with Gasteiger partial charge in [0.2, 0.25) is 0 Å². The maximum absolute atomic E-state index is 9.18. The number of allylic oxidation sites excluding steroid dienone is 4. The summed E-state index contributed by atoms with van der Waals surface area (Å²) < 4.78 is 1.33. The van der Waals surface area contributed by atoms with Gasteiger partial charge in [-0.3, -0.25) is 6.08 Å². The molecule has 0 fully saturated rings. The number of hydrogen-bond donors (Lipinski definition) is 1. The summed E-state index contributed by atoms with van der Waals surface area (Å²) in [5.74, 6) is 0.345. The molecule has 4 heteroatoms. The van der Waals surface area contributed by atoms with Crippen LogP contribution in [0.15, 0.2) is 103 Å². The predicted molar refractivity (Wildman–Crippen MR) is 143 cm³/mol. The molecule has 0 heterocycles. The Labute approximate surface area is 242 Å². The zero-order chi connectivity index (χ0) is 25.2. The molecule has 0 amide bonds. The predicted octanol–water partition coefficient (Wildman–Crippen LogP) is 2.22. The standard InChI is InChI=1S/C13H10.C10H14O.C9H13.2ClH.Ti/c1-3-7-12(8-4-1)11-13-9-5-2-6-10-13;1-10(2,3)8-5-4-6-9(11)7-8;1-9(2,3)8-6-4-5-7-8;;;/h1-10H;4-7,11H,1-3H3;4,6H,5H2,1-3H3;2*1H;/q;;-1;;;+1/p-2. The summed E-state index contributed by atoms with van der Waals surface area (Å²) in [6, 6.07) is 28.3. The zero-order valence-electron chi connectivity index (χ0n) is 22.1. The number of hydrogen-bond acceptors (Lipinski definition) is 1. The third-order valence-electron chi connectivity index (χ3n) is 5.34. The molecule has 0 aliphatic heterocycles. The fourth-order valence-corrected chi connectivity index (χ4v) is 3.79. The van der Waals surface area contributed by atoms with Gasteiger partial charge in [-0.05, 0) is 28.5 Å². The molecule has 0 atom stereocenters. The average Bonchev–Trinajstić information content (AvgIpc) is 3.36. The van der Waals surface area contributed by atoms with E-state index in [0.29, 0.717) is 11.2 Å². The van der Waals surface area contributed by atoms with Gasteiger partial charge in [-0.15, -0.1) is 6.42 Å². The summed E-state index contributed by atoms with van der Waals surface area (Å²) in [4.78, 5) is 0. The summed E-state index contributed by atoms with van der Waals surface area (Å²) in [7, 11) is 0. The van der Waals surface area contributed by atoms with Gasteiger partial charge in [-0.25, -0.2) is 11.6 Å². The van der Waals surface area contributed by atoms with Crippen LogP contribution in [0.1, 0.15) is 64.7 Å². The monoisotopic (exact) mass is 555 g/mol. The van der Waals surface area contributed by atoms with Gasteiger partial charge in [0, 0.05) is 0 Å². The van der Waals surface area contributed by atoms with E-state index >= 15 is 0 Å². The third-order valence-corrected chi connectivity index (χ3v) is 6.24. The van der Waals surface area contributed by atoms with E-state index in [1.54, 1.807) is 12.1 Å². The third kappa shape index (κ3) is 11.9. The Morgan fingerprint density at radius 3 is 1.53 bits per heavy atom. The van der Waals surface area contributed by atoms with Crippen molar-refractivity contribution in [1.82, 2.24) is 0 Å². The molecule has 36 heavy (non-hydrogen) atoms. The van der Waals surface area contributed by atoms with E-state index < -0.39 is 0 Å². The van der Waals surface area contributed by atoms with Crippen molar-refractivity contribution < 1.29 is 49.9 Å². The van der Waals surface area contributed by atoms with Crippen LogP contribution in [0.3, 0.4) is 0 Å². The Balaban J connectivity index is 0.000000509. The summed E-state index contributed by atoms with van der Waals surface area (Å²) in [5.41, 5.74) is 5.52. The van der Waals surface area contributed by atoms with Gasteiger partial charge < -0.3 is 29.9 Å². The van der Waals surface area contributed by atoms with E-state index in [1.807, 2.05) is 24.3 Å². The van der Waals surface area contributed by atoms with E-state index in [-0.39, 0.29) is 30.2 Å². The molecule has 191 valence electrons. The molecule has 0 saturated heterocycles. The van der Waals surface area contributed by atoms with Crippen molar-refractivity contribution in [3.8, 4) is 5.75 Å². The van der Waals surface area contributed by atoms with Crippen LogP contribution in [0.25, 0.3) is 0 Å². The maximum atomic E-state index is 9.18. The topological polar surface area (TPSA) is 20.2 Å². The number of phenols is 1. The van der Waals surface area contributed by atoms with Crippen LogP contribution in [0.5, 0.6) is 5.75 Å². The molecule has 1 N–H and O–H groups in total. The quantitative estimate of drug-likeness (QED) is 0.380. The van der Waals surface area contributed by atoms with E-state index in [1.165, 1.54) is 20.5 Å². The molecule has 0 radical (unpaired) electrons. The van der Waals surface area contributed by atoms with Crippen molar-refractivity contribution in [2.45, 2.75) is 53.4 Å². The Morgan fingerprint density at radius 2 is 1.22 bits per heavy atom. The molecule has 1 aliphatic carbocycles. The minimum atomic E-state index is 0. The molecule has 0 aromatic heterocycles. The fourth-order valence-electron chi connectivity index (χ4n) is 3.27. The van der Waals surface area contributed by atoms with Crippen molar-refractivity contribution in [2.24, 2.45) is 5.41 Å². The summed E-state index contributed by atoms with van der Waals surface area (Å²) in [6.07, 6.45) is 8.63. The number of rotatable bonds is 2. The van der Waals surface area contributed by atoms with E-state index in [4.69, 9.17) is 0 Å². The molecule has 0 unspecified atom stereocenters. The van der Waals surface area contributed by atoms with Crippen molar-refractivity contribution in [2.75, 3.05) is 0 Å². The minimum absolute atomic E-state index is 0. The van der Waals surface area contributed by atoms with Crippen LogP contribution in [-0.4, -0.2) is 8.92 Å². The van der Waals surface area contributed by atoms with E-state index in [9.17, 15) is 5.11 Å². The molecular weight excluding hydrogens is 519 g/mol. The van der Waals surface area contributed by atoms with Gasteiger partial charge in [0.25, 0.3) is 0 Å². The first-order valence-corrected chi connectivity index (χ1v) is 12.5. The summed E-state index contributed by atoms with van der Waals surface area (Å²) in [6.45, 7) is 13.0. The van der Waals surface area contributed by atoms with E-state index in [2.05, 4.69) is 128 Å². The zero-order valence-corrected chi connectivity index (χ0v) is 25.2. The van der Waals surface area contributed by atoms with Crippen molar-refractivity contribution in [3.05, 3.63) is 125 Å². The first-order valence-electron chi connectivity index (χ1n) is 11.8. The van der Waals surface area contributed by atoms with Crippen molar-refractivity contribution in [1.29, 1.82) is 0 Å². The normalized spacial score (nSPS) is 11.9. The number of aromatic hydroxyl groups is 1. The van der Waals surface area contributed by atoms with Gasteiger partial charge in [0.1, 0.15) is 5.75 Å². The number of benzene rings is 3. The molecular formula is C32H37Cl2OTi-2. The van der Waals surface area contributed by atoms with Crippen molar-refractivity contribution >= 4 is 3.81 Å². The van der Waals surface area contributed by atoms with Crippen LogP contribution in [0.2, 0.25) is 0 Å². The molecule has 0 bridgehead atoms. The van der Waals surface area contributed by atoms with Crippen molar-refractivity contribution in [3.63, 3.8) is 0 Å². The molecule has 4 rings (SSSR count). The Morgan fingerprint density at radius 1 is 0.722 bits per heavy atom. The second-order valence-electron chi connectivity index (χ2n) is 10.4. The molecule has 1 nitrogen and oxygen atoms in total. The SMILES string of the molecule is CC(C)(C)C1=[C-]CC=C1.CC(C)(C)c1cccc(O)c1.[Cl-].[Cl-].[Ti+]=[C](c1ccccc1)c1ccccc1. The summed E-state index contributed by atoms with van der Waals surface area (Å²) >= 11 is 2.16. The Bertz CT molecular complexity index is 1060. The first kappa shape index (κ1) is 34.1. The average molecular weight is 556 g/mol. The number of phenolic OH excluding ortho intramolecular Hbond substituents is 1. The van der Waals surface area contributed by atoms with Gasteiger partial charge in [-0.2, -0.15) is 6.08 Å². The van der Waals surface area contributed by atoms with Gasteiger partial charge in [0.05, 0.1) is 0 Å². The van der Waals surface area contributed by atoms with Crippen LogP contribution in [0, 0.1) is 11.5 Å².